The molecule has 0 fully saturated rings. The van der Waals surface area contributed by atoms with Gasteiger partial charge in [-0.2, -0.15) is 0 Å². The van der Waals surface area contributed by atoms with Gasteiger partial charge in [0.05, 0.1) is 12.2 Å². The molecule has 0 aliphatic heterocycles. The van der Waals surface area contributed by atoms with E-state index in [-0.39, 0.29) is 0 Å². The first-order chi connectivity index (χ1) is 7.97. The minimum absolute atomic E-state index is 0.527. The molecular weight excluding hydrogens is 214 g/mol. The zero-order valence-corrected chi connectivity index (χ0v) is 11.2. The Morgan fingerprint density at radius 2 is 2.00 bits per heavy atom. The number of aliphatic hydroxyl groups is 1. The van der Waals surface area contributed by atoms with Crippen LogP contribution >= 0.6 is 0 Å². The highest BCUT2D eigenvalue weighted by molar-refractivity contribution is 5.33. The van der Waals surface area contributed by atoms with E-state index in [4.69, 9.17) is 4.74 Å². The van der Waals surface area contributed by atoms with Crippen molar-refractivity contribution < 1.29 is 9.84 Å². The molecular formula is C14H23NO2. The van der Waals surface area contributed by atoms with Crippen LogP contribution in [0.1, 0.15) is 23.6 Å². The van der Waals surface area contributed by atoms with Gasteiger partial charge in [0.1, 0.15) is 0 Å². The van der Waals surface area contributed by atoms with E-state index in [9.17, 15) is 5.11 Å². The van der Waals surface area contributed by atoms with Crippen LogP contribution in [0.15, 0.2) is 18.2 Å². The summed E-state index contributed by atoms with van der Waals surface area (Å²) in [6.45, 7) is 7.90. The van der Waals surface area contributed by atoms with E-state index >= 15 is 0 Å². The summed E-state index contributed by atoms with van der Waals surface area (Å²) >= 11 is 0. The third-order valence-electron chi connectivity index (χ3n) is 3.08. The molecule has 3 heteroatoms. The van der Waals surface area contributed by atoms with Crippen LogP contribution < -0.4 is 5.32 Å². The first kappa shape index (κ1) is 14.2. The highest BCUT2D eigenvalue weighted by atomic mass is 16.5. The molecule has 0 aromatic heterocycles. The smallest absolute Gasteiger partial charge is 0.0992 e. The van der Waals surface area contributed by atoms with Crippen molar-refractivity contribution in [3.8, 4) is 0 Å². The Morgan fingerprint density at radius 3 is 2.59 bits per heavy atom. The Bertz CT molecular complexity index is 361. The van der Waals surface area contributed by atoms with Gasteiger partial charge in [-0.1, -0.05) is 18.2 Å². The SMILES string of the molecule is COCCNCC(C)(O)c1ccc(C)c(C)c1. The molecule has 3 nitrogen and oxygen atoms in total. The minimum atomic E-state index is -0.841. The van der Waals surface area contributed by atoms with E-state index < -0.39 is 5.60 Å². The average Bonchev–Trinajstić information content (AvgIpc) is 2.28. The summed E-state index contributed by atoms with van der Waals surface area (Å²) < 4.78 is 4.95. The molecule has 2 N–H and O–H groups in total. The van der Waals surface area contributed by atoms with Crippen LogP contribution in [0, 0.1) is 13.8 Å². The summed E-state index contributed by atoms with van der Waals surface area (Å²) in [6, 6.07) is 6.09. The molecule has 0 amide bonds. The van der Waals surface area contributed by atoms with Crippen molar-refractivity contribution in [1.29, 1.82) is 0 Å². The number of hydrogen-bond acceptors (Lipinski definition) is 3. The standard InChI is InChI=1S/C14H23NO2/c1-11-5-6-13(9-12(11)2)14(3,16)10-15-7-8-17-4/h5-6,9,15-16H,7-8,10H2,1-4H3. The average molecular weight is 237 g/mol. The van der Waals surface area contributed by atoms with E-state index in [0.29, 0.717) is 13.2 Å². The van der Waals surface area contributed by atoms with Crippen molar-refractivity contribution in [3.63, 3.8) is 0 Å². The number of benzene rings is 1. The van der Waals surface area contributed by atoms with E-state index in [2.05, 4.69) is 19.2 Å². The van der Waals surface area contributed by atoms with Crippen LogP contribution in [0.2, 0.25) is 0 Å². The zero-order valence-electron chi connectivity index (χ0n) is 11.2. The molecule has 1 unspecified atom stereocenters. The van der Waals surface area contributed by atoms with Gasteiger partial charge in [0.15, 0.2) is 0 Å². The normalized spacial score (nSPS) is 14.6. The number of aryl methyl sites for hydroxylation is 2. The topological polar surface area (TPSA) is 41.5 Å². The number of hydrogen-bond donors (Lipinski definition) is 2. The quantitative estimate of drug-likeness (QED) is 0.741. The molecule has 0 bridgehead atoms. The van der Waals surface area contributed by atoms with Crippen LogP contribution in [0.4, 0.5) is 0 Å². The molecule has 1 aromatic carbocycles. The van der Waals surface area contributed by atoms with Gasteiger partial charge in [-0.15, -0.1) is 0 Å². The Morgan fingerprint density at radius 1 is 1.29 bits per heavy atom. The molecule has 0 spiro atoms. The number of ether oxygens (including phenoxy) is 1. The summed E-state index contributed by atoms with van der Waals surface area (Å²) in [4.78, 5) is 0. The lowest BCUT2D eigenvalue weighted by molar-refractivity contribution is 0.0549. The Hall–Kier alpha value is -0.900. The fourth-order valence-corrected chi connectivity index (χ4v) is 1.68. The Balaban J connectivity index is 2.64. The molecule has 0 aliphatic rings. The van der Waals surface area contributed by atoms with Crippen LogP contribution in [-0.4, -0.2) is 31.9 Å². The lowest BCUT2D eigenvalue weighted by Crippen LogP contribution is -2.36. The molecule has 0 heterocycles. The van der Waals surface area contributed by atoms with Gasteiger partial charge in [-0.05, 0) is 37.5 Å². The fraction of sp³-hybridized carbons (Fsp3) is 0.571. The molecule has 0 saturated heterocycles. The predicted octanol–water partition coefficient (Wildman–Crippen LogP) is 1.75. The van der Waals surface area contributed by atoms with E-state index in [0.717, 1.165) is 12.1 Å². The molecule has 0 radical (unpaired) electrons. The van der Waals surface area contributed by atoms with Crippen molar-refractivity contribution >= 4 is 0 Å². The minimum Gasteiger partial charge on any atom is -0.384 e. The van der Waals surface area contributed by atoms with Crippen molar-refractivity contribution in [2.45, 2.75) is 26.4 Å². The van der Waals surface area contributed by atoms with Gasteiger partial charge >= 0.3 is 0 Å². The van der Waals surface area contributed by atoms with Crippen LogP contribution in [-0.2, 0) is 10.3 Å². The van der Waals surface area contributed by atoms with Crippen LogP contribution in [0.25, 0.3) is 0 Å². The largest absolute Gasteiger partial charge is 0.384 e. The highest BCUT2D eigenvalue weighted by Crippen LogP contribution is 2.22. The second-order valence-corrected chi connectivity index (χ2v) is 4.74. The van der Waals surface area contributed by atoms with Gasteiger partial charge in [0, 0.05) is 20.2 Å². The summed E-state index contributed by atoms with van der Waals surface area (Å²) in [5, 5.41) is 13.6. The summed E-state index contributed by atoms with van der Waals surface area (Å²) in [7, 11) is 1.67. The maximum atomic E-state index is 10.4. The molecule has 0 aliphatic carbocycles. The molecule has 1 aromatic rings. The number of rotatable bonds is 6. The third kappa shape index (κ3) is 4.11. The maximum absolute atomic E-state index is 10.4. The number of methoxy groups -OCH3 is 1. The fourth-order valence-electron chi connectivity index (χ4n) is 1.68. The Kier molecular flexibility index (Phi) is 5.12. The summed E-state index contributed by atoms with van der Waals surface area (Å²) in [6.07, 6.45) is 0. The van der Waals surface area contributed by atoms with Gasteiger partial charge in [-0.3, -0.25) is 0 Å². The summed E-state index contributed by atoms with van der Waals surface area (Å²) in [5.41, 5.74) is 2.56. The van der Waals surface area contributed by atoms with Crippen molar-refractivity contribution in [1.82, 2.24) is 5.32 Å². The molecule has 1 rings (SSSR count). The lowest BCUT2D eigenvalue weighted by Gasteiger charge is -2.25. The third-order valence-corrected chi connectivity index (χ3v) is 3.08. The van der Waals surface area contributed by atoms with Crippen molar-refractivity contribution in [3.05, 3.63) is 34.9 Å². The van der Waals surface area contributed by atoms with Crippen molar-refractivity contribution in [2.24, 2.45) is 0 Å². The molecule has 96 valence electrons. The van der Waals surface area contributed by atoms with Gasteiger partial charge in [0.2, 0.25) is 0 Å². The van der Waals surface area contributed by atoms with Crippen LogP contribution in [0.3, 0.4) is 0 Å². The Labute approximate surface area is 104 Å². The van der Waals surface area contributed by atoms with E-state index in [1.807, 2.05) is 25.1 Å². The number of nitrogens with one attached hydrogen (secondary N) is 1. The second-order valence-electron chi connectivity index (χ2n) is 4.74. The first-order valence-corrected chi connectivity index (χ1v) is 5.97. The van der Waals surface area contributed by atoms with Gasteiger partial charge < -0.3 is 15.2 Å². The van der Waals surface area contributed by atoms with Crippen LogP contribution in [0.5, 0.6) is 0 Å². The molecule has 0 saturated carbocycles. The van der Waals surface area contributed by atoms with Gasteiger partial charge in [-0.25, -0.2) is 0 Å². The second kappa shape index (κ2) is 6.15. The molecule has 1 atom stereocenters. The summed E-state index contributed by atoms with van der Waals surface area (Å²) in [5.74, 6) is 0. The molecule has 17 heavy (non-hydrogen) atoms. The maximum Gasteiger partial charge on any atom is 0.0992 e. The van der Waals surface area contributed by atoms with E-state index in [1.54, 1.807) is 7.11 Å². The highest BCUT2D eigenvalue weighted by Gasteiger charge is 2.22. The zero-order chi connectivity index (χ0) is 12.9. The van der Waals surface area contributed by atoms with E-state index in [1.165, 1.54) is 11.1 Å². The first-order valence-electron chi connectivity index (χ1n) is 5.97. The monoisotopic (exact) mass is 237 g/mol. The lowest BCUT2D eigenvalue weighted by atomic mass is 9.93. The predicted molar refractivity (Wildman–Crippen MR) is 70.2 cm³/mol. The van der Waals surface area contributed by atoms with Gasteiger partial charge in [0.25, 0.3) is 0 Å². The van der Waals surface area contributed by atoms with Crippen molar-refractivity contribution in [2.75, 3.05) is 26.8 Å².